The summed E-state index contributed by atoms with van der Waals surface area (Å²) in [5.74, 6) is 0. The van der Waals surface area contributed by atoms with Gasteiger partial charge in [-0.05, 0) is 40.3 Å². The molecule has 2 rings (SSSR count). The standard InChI is InChI=1S/C12H25N3/c1-10(8-13-2)15-7-6-11-4-5-12(9-15)14(11)3/h10-13H,4-9H2,1-3H3. The van der Waals surface area contributed by atoms with E-state index in [4.69, 9.17) is 0 Å². The van der Waals surface area contributed by atoms with Crippen molar-refractivity contribution in [3.8, 4) is 0 Å². The molecule has 1 N–H and O–H groups in total. The molecule has 0 aromatic rings. The average molecular weight is 211 g/mol. The molecule has 3 heteroatoms. The van der Waals surface area contributed by atoms with E-state index >= 15 is 0 Å². The summed E-state index contributed by atoms with van der Waals surface area (Å²) in [7, 11) is 4.36. The van der Waals surface area contributed by atoms with Crippen molar-refractivity contribution in [1.82, 2.24) is 15.1 Å². The van der Waals surface area contributed by atoms with Crippen LogP contribution in [0.15, 0.2) is 0 Å². The van der Waals surface area contributed by atoms with Crippen LogP contribution >= 0.6 is 0 Å². The molecule has 0 spiro atoms. The van der Waals surface area contributed by atoms with Crippen LogP contribution < -0.4 is 5.32 Å². The van der Waals surface area contributed by atoms with Crippen LogP contribution in [0, 0.1) is 0 Å². The van der Waals surface area contributed by atoms with E-state index in [9.17, 15) is 0 Å². The zero-order chi connectivity index (χ0) is 10.8. The van der Waals surface area contributed by atoms with E-state index in [0.717, 1.165) is 18.6 Å². The van der Waals surface area contributed by atoms with Gasteiger partial charge in [0, 0.05) is 37.8 Å². The number of likely N-dealkylation sites (N-methyl/N-ethyl adjacent to an activating group) is 2. The average Bonchev–Trinajstić information content (AvgIpc) is 2.41. The summed E-state index contributed by atoms with van der Waals surface area (Å²) in [6.45, 7) is 6.01. The van der Waals surface area contributed by atoms with E-state index in [2.05, 4.69) is 29.1 Å². The van der Waals surface area contributed by atoms with E-state index in [1.165, 1.54) is 32.4 Å². The third-order valence-electron chi connectivity index (χ3n) is 4.30. The van der Waals surface area contributed by atoms with Crippen molar-refractivity contribution >= 4 is 0 Å². The normalized spacial score (nSPS) is 35.4. The van der Waals surface area contributed by atoms with Gasteiger partial charge in [-0.1, -0.05) is 0 Å². The van der Waals surface area contributed by atoms with Crippen LogP contribution in [0.3, 0.4) is 0 Å². The van der Waals surface area contributed by atoms with Crippen molar-refractivity contribution in [3.63, 3.8) is 0 Å². The third-order valence-corrected chi connectivity index (χ3v) is 4.30. The Balaban J connectivity index is 1.94. The van der Waals surface area contributed by atoms with Gasteiger partial charge < -0.3 is 5.32 Å². The Kier molecular flexibility index (Phi) is 3.65. The smallest absolute Gasteiger partial charge is 0.0223 e. The van der Waals surface area contributed by atoms with Gasteiger partial charge in [0.1, 0.15) is 0 Å². The molecule has 0 aromatic carbocycles. The summed E-state index contributed by atoms with van der Waals surface area (Å²) in [6.07, 6.45) is 4.19. The monoisotopic (exact) mass is 211 g/mol. The lowest BCUT2D eigenvalue weighted by atomic mass is 10.1. The Morgan fingerprint density at radius 3 is 2.73 bits per heavy atom. The van der Waals surface area contributed by atoms with Crippen LogP contribution in [-0.4, -0.2) is 61.7 Å². The first-order valence-electron chi connectivity index (χ1n) is 6.33. The van der Waals surface area contributed by atoms with Gasteiger partial charge in [0.25, 0.3) is 0 Å². The molecular weight excluding hydrogens is 186 g/mol. The zero-order valence-corrected chi connectivity index (χ0v) is 10.4. The molecule has 0 amide bonds. The van der Waals surface area contributed by atoms with Crippen molar-refractivity contribution < 1.29 is 0 Å². The van der Waals surface area contributed by atoms with Crippen LogP contribution in [0.4, 0.5) is 0 Å². The lowest BCUT2D eigenvalue weighted by molar-refractivity contribution is 0.179. The molecule has 2 bridgehead atoms. The maximum absolute atomic E-state index is 3.29. The summed E-state index contributed by atoms with van der Waals surface area (Å²) in [5.41, 5.74) is 0. The molecule has 0 aromatic heterocycles. The first kappa shape index (κ1) is 11.4. The Labute approximate surface area is 93.8 Å². The molecule has 3 atom stereocenters. The van der Waals surface area contributed by atoms with Gasteiger partial charge in [-0.3, -0.25) is 9.80 Å². The van der Waals surface area contributed by atoms with E-state index < -0.39 is 0 Å². The second-order valence-electron chi connectivity index (χ2n) is 5.24. The van der Waals surface area contributed by atoms with Crippen molar-refractivity contribution in [2.75, 3.05) is 33.7 Å². The molecular formula is C12H25N3. The highest BCUT2D eigenvalue weighted by Gasteiger charge is 2.35. The predicted octanol–water partition coefficient (Wildman–Crippen LogP) is 0.763. The fourth-order valence-corrected chi connectivity index (χ4v) is 3.16. The molecule has 0 aliphatic carbocycles. The molecule has 3 nitrogen and oxygen atoms in total. The topological polar surface area (TPSA) is 18.5 Å². The highest BCUT2D eigenvalue weighted by Crippen LogP contribution is 2.28. The summed E-state index contributed by atoms with van der Waals surface area (Å²) in [4.78, 5) is 5.28. The predicted molar refractivity (Wildman–Crippen MR) is 64.2 cm³/mol. The number of hydrogen-bond donors (Lipinski definition) is 1. The quantitative estimate of drug-likeness (QED) is 0.743. The Hall–Kier alpha value is -0.120. The summed E-state index contributed by atoms with van der Waals surface area (Å²) < 4.78 is 0. The Morgan fingerprint density at radius 1 is 1.27 bits per heavy atom. The maximum Gasteiger partial charge on any atom is 0.0223 e. The lowest BCUT2D eigenvalue weighted by Crippen LogP contribution is -2.44. The van der Waals surface area contributed by atoms with E-state index in [-0.39, 0.29) is 0 Å². The van der Waals surface area contributed by atoms with Crippen LogP contribution in [0.5, 0.6) is 0 Å². The molecule has 2 aliphatic heterocycles. The van der Waals surface area contributed by atoms with Gasteiger partial charge in [0.05, 0.1) is 0 Å². The van der Waals surface area contributed by atoms with Crippen molar-refractivity contribution in [2.24, 2.45) is 0 Å². The first-order valence-corrected chi connectivity index (χ1v) is 6.33. The van der Waals surface area contributed by atoms with Crippen molar-refractivity contribution in [1.29, 1.82) is 0 Å². The fourth-order valence-electron chi connectivity index (χ4n) is 3.16. The minimum absolute atomic E-state index is 0.683. The maximum atomic E-state index is 3.29. The van der Waals surface area contributed by atoms with Gasteiger partial charge in [0.15, 0.2) is 0 Å². The summed E-state index contributed by atoms with van der Waals surface area (Å²) in [6, 6.07) is 2.36. The first-order chi connectivity index (χ1) is 7.22. The number of likely N-dealkylation sites (tertiary alicyclic amines) is 1. The van der Waals surface area contributed by atoms with Gasteiger partial charge >= 0.3 is 0 Å². The minimum Gasteiger partial charge on any atom is -0.318 e. The molecule has 0 saturated carbocycles. The van der Waals surface area contributed by atoms with Crippen LogP contribution in [-0.2, 0) is 0 Å². The van der Waals surface area contributed by atoms with Gasteiger partial charge in [-0.25, -0.2) is 0 Å². The molecule has 3 unspecified atom stereocenters. The minimum atomic E-state index is 0.683. The van der Waals surface area contributed by atoms with Crippen LogP contribution in [0.25, 0.3) is 0 Å². The number of fused-ring (bicyclic) bond motifs is 2. The van der Waals surface area contributed by atoms with Gasteiger partial charge in [-0.2, -0.15) is 0 Å². The molecule has 2 fully saturated rings. The third kappa shape index (κ3) is 2.35. The van der Waals surface area contributed by atoms with Crippen molar-refractivity contribution in [2.45, 2.75) is 44.3 Å². The second kappa shape index (κ2) is 4.81. The summed E-state index contributed by atoms with van der Waals surface area (Å²) in [5, 5.41) is 3.29. The van der Waals surface area contributed by atoms with Gasteiger partial charge in [0.2, 0.25) is 0 Å². The highest BCUT2D eigenvalue weighted by molar-refractivity contribution is 4.92. The number of hydrogen-bond acceptors (Lipinski definition) is 3. The van der Waals surface area contributed by atoms with Crippen molar-refractivity contribution in [3.05, 3.63) is 0 Å². The van der Waals surface area contributed by atoms with E-state index in [1.54, 1.807) is 0 Å². The second-order valence-corrected chi connectivity index (χ2v) is 5.24. The molecule has 15 heavy (non-hydrogen) atoms. The Morgan fingerprint density at radius 2 is 2.00 bits per heavy atom. The number of rotatable bonds is 3. The fraction of sp³-hybridized carbons (Fsp3) is 1.00. The molecule has 2 saturated heterocycles. The van der Waals surface area contributed by atoms with E-state index in [0.29, 0.717) is 6.04 Å². The number of nitrogens with zero attached hydrogens (tertiary/aromatic N) is 2. The zero-order valence-electron chi connectivity index (χ0n) is 10.4. The van der Waals surface area contributed by atoms with E-state index in [1.807, 2.05) is 7.05 Å². The molecule has 0 radical (unpaired) electrons. The molecule has 2 heterocycles. The van der Waals surface area contributed by atoms with Gasteiger partial charge in [-0.15, -0.1) is 0 Å². The summed E-state index contributed by atoms with van der Waals surface area (Å²) >= 11 is 0. The molecule has 88 valence electrons. The van der Waals surface area contributed by atoms with Crippen LogP contribution in [0.1, 0.15) is 26.2 Å². The number of nitrogens with one attached hydrogen (secondary N) is 1. The largest absolute Gasteiger partial charge is 0.318 e. The molecule has 2 aliphatic rings. The Bertz CT molecular complexity index is 207. The highest BCUT2D eigenvalue weighted by atomic mass is 15.3. The SMILES string of the molecule is CNCC(C)N1CCC2CCC(C1)N2C. The van der Waals surface area contributed by atoms with Crippen LogP contribution in [0.2, 0.25) is 0 Å². The lowest BCUT2D eigenvalue weighted by Gasteiger charge is -2.30.